The molecule has 0 aliphatic heterocycles. The number of aromatic amines is 1. The number of hydrogen-bond donors (Lipinski definition) is 3. The molecule has 4 aromatic heterocycles. The van der Waals surface area contributed by atoms with Crippen LogP contribution in [0.2, 0.25) is 0 Å². The van der Waals surface area contributed by atoms with E-state index in [-0.39, 0.29) is 12.0 Å². The summed E-state index contributed by atoms with van der Waals surface area (Å²) in [4.78, 5) is 13.2. The van der Waals surface area contributed by atoms with Gasteiger partial charge >= 0.3 is 0 Å². The predicted molar refractivity (Wildman–Crippen MR) is 111 cm³/mol. The molecule has 0 saturated carbocycles. The maximum absolute atomic E-state index is 9.52. The van der Waals surface area contributed by atoms with Crippen molar-refractivity contribution in [3.05, 3.63) is 47.2 Å². The van der Waals surface area contributed by atoms with Crippen molar-refractivity contribution in [3.63, 3.8) is 0 Å². The normalized spacial score (nSPS) is 12.1. The van der Waals surface area contributed by atoms with Gasteiger partial charge in [-0.3, -0.25) is 5.10 Å². The van der Waals surface area contributed by atoms with Gasteiger partial charge in [-0.05, 0) is 32.9 Å². The lowest BCUT2D eigenvalue weighted by atomic mass is 10.00. The molecule has 0 saturated heterocycles. The van der Waals surface area contributed by atoms with Crippen LogP contribution in [0.3, 0.4) is 0 Å². The van der Waals surface area contributed by atoms with Crippen LogP contribution in [0.4, 0.5) is 11.8 Å². The third-order valence-corrected chi connectivity index (χ3v) is 5.00. The fourth-order valence-electron chi connectivity index (χ4n) is 3.48. The number of aromatic nitrogens is 6. The van der Waals surface area contributed by atoms with E-state index in [1.807, 2.05) is 43.9 Å². The van der Waals surface area contributed by atoms with Crippen LogP contribution in [-0.4, -0.2) is 29.7 Å². The van der Waals surface area contributed by atoms with Gasteiger partial charge in [-0.1, -0.05) is 0 Å². The van der Waals surface area contributed by atoms with Gasteiger partial charge in [0, 0.05) is 30.6 Å². The summed E-state index contributed by atoms with van der Waals surface area (Å²) in [6, 6.07) is 5.99. The Morgan fingerprint density at radius 2 is 2.00 bits per heavy atom. The second kappa shape index (κ2) is 6.91. The molecule has 9 nitrogen and oxygen atoms in total. The van der Waals surface area contributed by atoms with Crippen LogP contribution in [0.1, 0.15) is 35.6 Å². The zero-order valence-electron chi connectivity index (χ0n) is 16.6. The number of anilines is 2. The smallest absolute Gasteiger partial charge is 0.222 e. The number of H-pyrrole nitrogens is 1. The lowest BCUT2D eigenvalue weighted by Gasteiger charge is -2.19. The molecule has 0 bridgehead atoms. The number of nitrogen functional groups attached to an aromatic ring is 1. The van der Waals surface area contributed by atoms with E-state index >= 15 is 0 Å². The monoisotopic (exact) mass is 387 g/mol. The summed E-state index contributed by atoms with van der Waals surface area (Å²) in [6.07, 6.45) is 3.85. The Morgan fingerprint density at radius 1 is 1.21 bits per heavy atom. The number of nitrogens with zero attached hydrogens (tertiary/aromatic N) is 6. The highest BCUT2D eigenvalue weighted by atomic mass is 15.1. The first-order valence-electron chi connectivity index (χ1n) is 9.16. The minimum Gasteiger partial charge on any atom is -0.368 e. The number of rotatable bonds is 4. The second-order valence-electron chi connectivity index (χ2n) is 7.01. The van der Waals surface area contributed by atoms with Gasteiger partial charge < -0.3 is 15.6 Å². The molecule has 4 N–H and O–H groups in total. The van der Waals surface area contributed by atoms with E-state index in [4.69, 9.17) is 10.7 Å². The van der Waals surface area contributed by atoms with Crippen molar-refractivity contribution in [3.8, 4) is 17.2 Å². The molecule has 1 unspecified atom stereocenters. The average Bonchev–Trinajstić information content (AvgIpc) is 3.26. The Bertz CT molecular complexity index is 1260. The molecular weight excluding hydrogens is 366 g/mol. The van der Waals surface area contributed by atoms with Crippen LogP contribution >= 0.6 is 0 Å². The first kappa shape index (κ1) is 18.4. The third kappa shape index (κ3) is 3.14. The quantitative estimate of drug-likeness (QED) is 0.490. The maximum atomic E-state index is 9.52. The predicted octanol–water partition coefficient (Wildman–Crippen LogP) is 3.00. The standard InChI is InChI=1S/C20H21N9/c1-10-14(8-21)19(27-20(22)25-10)24-12(3)18-13(15-9-23-28-11(15)2)7-17-16(26-18)5-6-29(17)4/h5-7,9,12H,1-4H3,(H,23,28)(H3,22,24,25,27). The van der Waals surface area contributed by atoms with Crippen molar-refractivity contribution in [1.29, 1.82) is 5.26 Å². The van der Waals surface area contributed by atoms with Gasteiger partial charge in [-0.15, -0.1) is 0 Å². The molecular formula is C20H21N9. The molecule has 0 spiro atoms. The van der Waals surface area contributed by atoms with Crippen molar-refractivity contribution < 1.29 is 0 Å². The van der Waals surface area contributed by atoms with E-state index in [0.29, 0.717) is 17.1 Å². The van der Waals surface area contributed by atoms with E-state index in [2.05, 4.69) is 37.6 Å². The Labute approximate surface area is 167 Å². The lowest BCUT2D eigenvalue weighted by Crippen LogP contribution is -2.14. The second-order valence-corrected chi connectivity index (χ2v) is 7.01. The molecule has 9 heteroatoms. The number of nitriles is 1. The molecule has 0 aromatic carbocycles. The Balaban J connectivity index is 1.85. The van der Waals surface area contributed by atoms with Crippen LogP contribution in [0.15, 0.2) is 24.5 Å². The summed E-state index contributed by atoms with van der Waals surface area (Å²) in [7, 11) is 1.99. The molecule has 4 rings (SSSR count). The summed E-state index contributed by atoms with van der Waals surface area (Å²) in [6.45, 7) is 5.66. The average molecular weight is 387 g/mol. The Morgan fingerprint density at radius 3 is 2.69 bits per heavy atom. The zero-order valence-corrected chi connectivity index (χ0v) is 16.6. The summed E-state index contributed by atoms with van der Waals surface area (Å²) in [5.74, 6) is 0.517. The summed E-state index contributed by atoms with van der Waals surface area (Å²) < 4.78 is 2.03. The topological polar surface area (TPSA) is 134 Å². The van der Waals surface area contributed by atoms with Crippen molar-refractivity contribution in [1.82, 2.24) is 29.7 Å². The van der Waals surface area contributed by atoms with Gasteiger partial charge in [-0.25, -0.2) is 9.97 Å². The minimum absolute atomic E-state index is 0.119. The molecule has 0 amide bonds. The largest absolute Gasteiger partial charge is 0.368 e. The fourth-order valence-corrected chi connectivity index (χ4v) is 3.48. The van der Waals surface area contributed by atoms with Gasteiger partial charge in [0.25, 0.3) is 0 Å². The van der Waals surface area contributed by atoms with E-state index in [0.717, 1.165) is 33.5 Å². The highest BCUT2D eigenvalue weighted by molar-refractivity contribution is 5.84. The number of hydrogen-bond acceptors (Lipinski definition) is 7. The number of nitrogens with two attached hydrogens (primary N) is 1. The number of nitrogens with one attached hydrogen (secondary N) is 2. The summed E-state index contributed by atoms with van der Waals surface area (Å²) in [5, 5.41) is 20.0. The first-order chi connectivity index (χ1) is 13.9. The van der Waals surface area contributed by atoms with E-state index in [1.165, 1.54) is 0 Å². The number of fused-ring (bicyclic) bond motifs is 1. The Hall–Kier alpha value is -3.93. The van der Waals surface area contributed by atoms with Gasteiger partial charge in [0.2, 0.25) is 5.95 Å². The van der Waals surface area contributed by atoms with Gasteiger partial charge in [0.05, 0.1) is 34.2 Å². The molecule has 1 atom stereocenters. The van der Waals surface area contributed by atoms with Crippen molar-refractivity contribution in [2.45, 2.75) is 26.8 Å². The zero-order chi connectivity index (χ0) is 20.7. The molecule has 146 valence electrons. The Kier molecular flexibility index (Phi) is 4.39. The number of pyridine rings is 1. The lowest BCUT2D eigenvalue weighted by molar-refractivity contribution is 0.837. The molecule has 0 radical (unpaired) electrons. The molecule has 4 heterocycles. The summed E-state index contributed by atoms with van der Waals surface area (Å²) >= 11 is 0. The summed E-state index contributed by atoms with van der Waals surface area (Å²) in [5.41, 5.74) is 12.3. The SMILES string of the molecule is Cc1n[nH]cc1-c1cc2c(ccn2C)nc1C(C)Nc1nc(N)nc(C)c1C#N. The van der Waals surface area contributed by atoms with E-state index < -0.39 is 0 Å². The van der Waals surface area contributed by atoms with E-state index in [9.17, 15) is 5.26 Å². The van der Waals surface area contributed by atoms with Crippen LogP contribution < -0.4 is 11.1 Å². The highest BCUT2D eigenvalue weighted by Gasteiger charge is 2.21. The van der Waals surface area contributed by atoms with Gasteiger partial charge in [0.1, 0.15) is 17.5 Å². The first-order valence-corrected chi connectivity index (χ1v) is 9.16. The van der Waals surface area contributed by atoms with Crippen LogP contribution in [0, 0.1) is 25.2 Å². The van der Waals surface area contributed by atoms with Crippen molar-refractivity contribution in [2.24, 2.45) is 7.05 Å². The van der Waals surface area contributed by atoms with Gasteiger partial charge in [0.15, 0.2) is 0 Å². The van der Waals surface area contributed by atoms with Crippen molar-refractivity contribution >= 4 is 22.8 Å². The molecule has 0 aliphatic rings. The third-order valence-electron chi connectivity index (χ3n) is 5.00. The fraction of sp³-hybridized carbons (Fsp3) is 0.250. The molecule has 4 aromatic rings. The van der Waals surface area contributed by atoms with Crippen LogP contribution in [-0.2, 0) is 7.05 Å². The number of aryl methyl sites for hydroxylation is 3. The minimum atomic E-state index is -0.246. The maximum Gasteiger partial charge on any atom is 0.222 e. The molecule has 29 heavy (non-hydrogen) atoms. The van der Waals surface area contributed by atoms with Crippen LogP contribution in [0.5, 0.6) is 0 Å². The molecule has 0 aliphatic carbocycles. The van der Waals surface area contributed by atoms with Crippen molar-refractivity contribution in [2.75, 3.05) is 11.1 Å². The molecule has 0 fully saturated rings. The van der Waals surface area contributed by atoms with E-state index in [1.54, 1.807) is 6.92 Å². The highest BCUT2D eigenvalue weighted by Crippen LogP contribution is 2.33. The van der Waals surface area contributed by atoms with Gasteiger partial charge in [-0.2, -0.15) is 15.3 Å². The van der Waals surface area contributed by atoms with Crippen LogP contribution in [0.25, 0.3) is 22.2 Å².